The van der Waals surface area contributed by atoms with Gasteiger partial charge in [0.25, 0.3) is 0 Å². The summed E-state index contributed by atoms with van der Waals surface area (Å²) in [6.45, 7) is 0.564. The molecule has 5 nitrogen and oxygen atoms in total. The molecule has 0 aliphatic carbocycles. The molecule has 0 bridgehead atoms. The summed E-state index contributed by atoms with van der Waals surface area (Å²) in [6.07, 6.45) is -1.02. The van der Waals surface area contributed by atoms with E-state index in [4.69, 9.17) is 4.42 Å². The number of anilines is 1. The highest BCUT2D eigenvalue weighted by atomic mass is 19.4. The maximum atomic E-state index is 13.0. The van der Waals surface area contributed by atoms with E-state index in [1.165, 1.54) is 12.1 Å². The number of hydrogen-bond acceptors (Lipinski definition) is 5. The van der Waals surface area contributed by atoms with Crippen LogP contribution in [0.4, 0.5) is 18.9 Å². The van der Waals surface area contributed by atoms with E-state index >= 15 is 0 Å². The van der Waals surface area contributed by atoms with Gasteiger partial charge in [0.15, 0.2) is 0 Å². The number of alkyl halides is 3. The molecule has 0 radical (unpaired) electrons. The van der Waals surface area contributed by atoms with Crippen molar-refractivity contribution in [3.8, 4) is 22.9 Å². The third-order valence-corrected chi connectivity index (χ3v) is 4.25. The zero-order valence-electron chi connectivity index (χ0n) is 15.0. The predicted octanol–water partition coefficient (Wildman–Crippen LogP) is 5.43. The molecule has 0 aliphatic rings. The van der Waals surface area contributed by atoms with Crippen LogP contribution in [0.1, 0.15) is 11.1 Å². The molecule has 0 aliphatic heterocycles. The smallest absolute Gasteiger partial charge is 0.416 e. The van der Waals surface area contributed by atoms with Crippen LogP contribution in [0.2, 0.25) is 0 Å². The van der Waals surface area contributed by atoms with Gasteiger partial charge in [-0.1, -0.05) is 18.2 Å². The second kappa shape index (κ2) is 7.75. The summed E-state index contributed by atoms with van der Waals surface area (Å²) in [7, 11) is 0. The van der Waals surface area contributed by atoms with Crippen LogP contribution in [0.25, 0.3) is 22.9 Å². The molecular formula is C21H15F3N4O. The molecule has 2 aromatic heterocycles. The van der Waals surface area contributed by atoms with Crippen molar-refractivity contribution < 1.29 is 17.6 Å². The normalized spacial score (nSPS) is 11.4. The van der Waals surface area contributed by atoms with Gasteiger partial charge >= 0.3 is 6.18 Å². The molecule has 8 heteroatoms. The van der Waals surface area contributed by atoms with Gasteiger partial charge in [0.05, 0.1) is 11.1 Å². The standard InChI is InChI=1S/C21H15F3N4O/c22-21(23,24)16-5-3-4-15(12-16)19-27-28-20(29-19)17-6-1-2-7-18(17)26-13-14-8-10-25-11-9-14/h1-12,26H,13H2. The number of rotatable bonds is 5. The summed E-state index contributed by atoms with van der Waals surface area (Å²) in [6, 6.07) is 15.9. The predicted molar refractivity (Wildman–Crippen MR) is 102 cm³/mol. The molecule has 0 unspecified atom stereocenters. The van der Waals surface area contributed by atoms with E-state index in [1.54, 1.807) is 18.5 Å². The van der Waals surface area contributed by atoms with Crippen molar-refractivity contribution in [2.75, 3.05) is 5.32 Å². The lowest BCUT2D eigenvalue weighted by molar-refractivity contribution is -0.137. The van der Waals surface area contributed by atoms with E-state index in [2.05, 4.69) is 20.5 Å². The fourth-order valence-electron chi connectivity index (χ4n) is 2.80. The second-order valence-electron chi connectivity index (χ2n) is 6.25. The number of hydrogen-bond donors (Lipinski definition) is 1. The SMILES string of the molecule is FC(F)(F)c1cccc(-c2nnc(-c3ccccc3NCc3ccncc3)o2)c1. The Morgan fingerprint density at radius 3 is 2.41 bits per heavy atom. The molecule has 29 heavy (non-hydrogen) atoms. The quantitative estimate of drug-likeness (QED) is 0.487. The molecule has 2 aromatic carbocycles. The Morgan fingerprint density at radius 2 is 1.62 bits per heavy atom. The molecule has 1 N–H and O–H groups in total. The van der Waals surface area contributed by atoms with Crippen molar-refractivity contribution in [3.05, 3.63) is 84.2 Å². The summed E-state index contributed by atoms with van der Waals surface area (Å²) in [5.41, 5.74) is 1.91. The lowest BCUT2D eigenvalue weighted by Crippen LogP contribution is -2.04. The van der Waals surface area contributed by atoms with Crippen LogP contribution in [-0.2, 0) is 12.7 Å². The van der Waals surface area contributed by atoms with Gasteiger partial charge in [-0.25, -0.2) is 0 Å². The Bertz CT molecular complexity index is 1110. The third-order valence-electron chi connectivity index (χ3n) is 4.25. The van der Waals surface area contributed by atoms with Crippen LogP contribution in [0, 0.1) is 0 Å². The fourth-order valence-corrected chi connectivity index (χ4v) is 2.80. The molecule has 0 saturated heterocycles. The van der Waals surface area contributed by atoms with Crippen LogP contribution < -0.4 is 5.32 Å². The Kier molecular flexibility index (Phi) is 4.99. The monoisotopic (exact) mass is 396 g/mol. The average molecular weight is 396 g/mol. The molecule has 4 aromatic rings. The van der Waals surface area contributed by atoms with E-state index in [9.17, 15) is 13.2 Å². The van der Waals surface area contributed by atoms with E-state index in [0.717, 1.165) is 23.4 Å². The molecule has 0 spiro atoms. The first-order chi connectivity index (χ1) is 14.0. The Hall–Kier alpha value is -3.68. The van der Waals surface area contributed by atoms with Crippen LogP contribution in [0.5, 0.6) is 0 Å². The molecule has 0 amide bonds. The van der Waals surface area contributed by atoms with Crippen molar-refractivity contribution in [3.63, 3.8) is 0 Å². The van der Waals surface area contributed by atoms with Gasteiger partial charge in [0.1, 0.15) is 0 Å². The maximum absolute atomic E-state index is 13.0. The van der Waals surface area contributed by atoms with Gasteiger partial charge in [-0.3, -0.25) is 4.98 Å². The summed E-state index contributed by atoms with van der Waals surface area (Å²) in [4.78, 5) is 3.99. The van der Waals surface area contributed by atoms with Crippen molar-refractivity contribution in [2.24, 2.45) is 0 Å². The minimum Gasteiger partial charge on any atom is -0.416 e. The van der Waals surface area contributed by atoms with Crippen LogP contribution in [0.3, 0.4) is 0 Å². The molecule has 0 fully saturated rings. The number of halogens is 3. The number of para-hydroxylation sites is 1. The number of aromatic nitrogens is 3. The molecule has 146 valence electrons. The highest BCUT2D eigenvalue weighted by Crippen LogP contribution is 2.33. The molecular weight excluding hydrogens is 381 g/mol. The van der Waals surface area contributed by atoms with Crippen LogP contribution in [-0.4, -0.2) is 15.2 Å². The number of nitrogens with one attached hydrogen (secondary N) is 1. The Labute approximate surface area is 164 Å². The Morgan fingerprint density at radius 1 is 0.862 bits per heavy atom. The molecule has 2 heterocycles. The van der Waals surface area contributed by atoms with E-state index in [-0.39, 0.29) is 17.3 Å². The fraction of sp³-hybridized carbons (Fsp3) is 0.0952. The summed E-state index contributed by atoms with van der Waals surface area (Å²) in [5.74, 6) is 0.241. The van der Waals surface area contributed by atoms with Gasteiger partial charge < -0.3 is 9.73 Å². The summed E-state index contributed by atoms with van der Waals surface area (Å²) < 4.78 is 44.5. The lowest BCUT2D eigenvalue weighted by Gasteiger charge is -2.09. The van der Waals surface area contributed by atoms with Gasteiger partial charge in [0, 0.05) is 30.2 Å². The minimum atomic E-state index is -4.44. The van der Waals surface area contributed by atoms with E-state index < -0.39 is 11.7 Å². The zero-order chi connectivity index (χ0) is 20.3. The van der Waals surface area contributed by atoms with Crippen LogP contribution >= 0.6 is 0 Å². The van der Waals surface area contributed by atoms with Crippen molar-refractivity contribution in [1.29, 1.82) is 0 Å². The van der Waals surface area contributed by atoms with E-state index in [1.807, 2.05) is 30.3 Å². The highest BCUT2D eigenvalue weighted by molar-refractivity contribution is 5.73. The third kappa shape index (κ3) is 4.26. The molecule has 0 saturated carbocycles. The Balaban J connectivity index is 1.60. The van der Waals surface area contributed by atoms with Gasteiger partial charge in [-0.15, -0.1) is 10.2 Å². The number of benzene rings is 2. The minimum absolute atomic E-state index is 0.0232. The first kappa shape index (κ1) is 18.7. The second-order valence-corrected chi connectivity index (χ2v) is 6.25. The maximum Gasteiger partial charge on any atom is 0.416 e. The zero-order valence-corrected chi connectivity index (χ0v) is 15.0. The lowest BCUT2D eigenvalue weighted by atomic mass is 10.1. The largest absolute Gasteiger partial charge is 0.416 e. The van der Waals surface area contributed by atoms with Crippen molar-refractivity contribution in [2.45, 2.75) is 12.7 Å². The van der Waals surface area contributed by atoms with Crippen molar-refractivity contribution >= 4 is 5.69 Å². The summed E-state index contributed by atoms with van der Waals surface area (Å²) in [5, 5.41) is 11.2. The number of nitrogens with zero attached hydrogens (tertiary/aromatic N) is 3. The average Bonchev–Trinajstić information content (AvgIpc) is 3.23. The van der Waals surface area contributed by atoms with Crippen LogP contribution in [0.15, 0.2) is 77.5 Å². The van der Waals surface area contributed by atoms with Gasteiger partial charge in [0.2, 0.25) is 11.8 Å². The first-order valence-electron chi connectivity index (χ1n) is 8.74. The summed E-state index contributed by atoms with van der Waals surface area (Å²) >= 11 is 0. The number of pyridine rings is 1. The van der Waals surface area contributed by atoms with Gasteiger partial charge in [-0.2, -0.15) is 13.2 Å². The van der Waals surface area contributed by atoms with E-state index in [0.29, 0.717) is 12.1 Å². The topological polar surface area (TPSA) is 63.8 Å². The van der Waals surface area contributed by atoms with Crippen molar-refractivity contribution in [1.82, 2.24) is 15.2 Å². The van der Waals surface area contributed by atoms with Gasteiger partial charge in [-0.05, 0) is 48.0 Å². The first-order valence-corrected chi connectivity index (χ1v) is 8.74. The molecule has 0 atom stereocenters. The molecule has 4 rings (SSSR count). The highest BCUT2D eigenvalue weighted by Gasteiger charge is 2.30.